The van der Waals surface area contributed by atoms with Gasteiger partial charge in [0, 0.05) is 17.4 Å². The molecule has 0 spiro atoms. The van der Waals surface area contributed by atoms with Crippen molar-refractivity contribution in [2.45, 2.75) is 47.1 Å². The van der Waals surface area contributed by atoms with Gasteiger partial charge in [-0.15, -0.1) is 0 Å². The SMILES string of the molecule is Cc1cc(Cc2cc(C)c(NC(C)c3cccc(O)c3)c(C)c2)cc(C)c1N. The minimum absolute atomic E-state index is 0.109. The highest BCUT2D eigenvalue weighted by atomic mass is 16.3. The first-order valence-corrected chi connectivity index (χ1v) is 9.75. The second-order valence-electron chi connectivity index (χ2n) is 7.89. The molecule has 0 saturated carbocycles. The van der Waals surface area contributed by atoms with Crippen molar-refractivity contribution in [2.24, 2.45) is 0 Å². The van der Waals surface area contributed by atoms with Crippen molar-refractivity contribution in [3.8, 4) is 5.75 Å². The number of nitrogen functional groups attached to an aromatic ring is 1. The Morgan fingerprint density at radius 2 is 1.39 bits per heavy atom. The largest absolute Gasteiger partial charge is 0.508 e. The molecule has 0 amide bonds. The summed E-state index contributed by atoms with van der Waals surface area (Å²) < 4.78 is 0. The normalized spacial score (nSPS) is 12.0. The van der Waals surface area contributed by atoms with Crippen molar-refractivity contribution in [3.05, 3.63) is 87.5 Å². The number of anilines is 2. The van der Waals surface area contributed by atoms with E-state index in [0.717, 1.165) is 34.5 Å². The molecule has 3 rings (SSSR count). The topological polar surface area (TPSA) is 58.3 Å². The van der Waals surface area contributed by atoms with Crippen molar-refractivity contribution in [1.82, 2.24) is 0 Å². The number of phenols is 1. The molecule has 3 aromatic carbocycles. The minimum Gasteiger partial charge on any atom is -0.508 e. The number of nitrogens with two attached hydrogens (primary N) is 1. The summed E-state index contributed by atoms with van der Waals surface area (Å²) in [7, 11) is 0. The number of nitrogens with one attached hydrogen (secondary N) is 1. The van der Waals surface area contributed by atoms with Crippen LogP contribution in [-0.4, -0.2) is 5.11 Å². The number of aryl methyl sites for hydroxylation is 4. The molecule has 1 atom stereocenters. The summed E-state index contributed by atoms with van der Waals surface area (Å²) in [5.74, 6) is 0.295. The maximum Gasteiger partial charge on any atom is 0.115 e. The zero-order valence-corrected chi connectivity index (χ0v) is 17.4. The summed E-state index contributed by atoms with van der Waals surface area (Å²) in [4.78, 5) is 0. The van der Waals surface area contributed by atoms with Crippen LogP contribution in [0.2, 0.25) is 0 Å². The Labute approximate surface area is 168 Å². The average molecular weight is 375 g/mol. The van der Waals surface area contributed by atoms with Crippen LogP contribution < -0.4 is 11.1 Å². The van der Waals surface area contributed by atoms with Gasteiger partial charge < -0.3 is 16.2 Å². The molecule has 0 fully saturated rings. The molecule has 3 aromatic rings. The van der Waals surface area contributed by atoms with E-state index < -0.39 is 0 Å². The highest BCUT2D eigenvalue weighted by molar-refractivity contribution is 5.60. The van der Waals surface area contributed by atoms with Gasteiger partial charge in [-0.25, -0.2) is 0 Å². The van der Waals surface area contributed by atoms with Gasteiger partial charge in [-0.2, -0.15) is 0 Å². The minimum atomic E-state index is 0.109. The van der Waals surface area contributed by atoms with Crippen LogP contribution >= 0.6 is 0 Å². The number of hydrogen-bond acceptors (Lipinski definition) is 3. The van der Waals surface area contributed by atoms with Crippen LogP contribution in [0.3, 0.4) is 0 Å². The molecule has 0 bridgehead atoms. The van der Waals surface area contributed by atoms with E-state index in [2.05, 4.69) is 64.2 Å². The molecule has 0 aliphatic rings. The fourth-order valence-corrected chi connectivity index (χ4v) is 3.88. The Bertz CT molecular complexity index is 961. The summed E-state index contributed by atoms with van der Waals surface area (Å²) in [6.45, 7) is 10.5. The van der Waals surface area contributed by atoms with Crippen molar-refractivity contribution in [3.63, 3.8) is 0 Å². The third-order valence-electron chi connectivity index (χ3n) is 5.39. The molecule has 0 aliphatic heterocycles. The van der Waals surface area contributed by atoms with Gasteiger partial charge in [-0.3, -0.25) is 0 Å². The van der Waals surface area contributed by atoms with Gasteiger partial charge in [-0.05, 0) is 92.1 Å². The number of phenolic OH excluding ortho intramolecular Hbond substituents is 1. The lowest BCUT2D eigenvalue weighted by Gasteiger charge is -2.21. The van der Waals surface area contributed by atoms with E-state index in [-0.39, 0.29) is 6.04 Å². The molecule has 3 nitrogen and oxygen atoms in total. The maximum absolute atomic E-state index is 9.73. The van der Waals surface area contributed by atoms with Crippen LogP contribution in [0, 0.1) is 27.7 Å². The standard InChI is InChI=1S/C25H30N2O/c1-15-9-20(10-16(2)24(15)26)13-21-11-17(3)25(18(4)12-21)27-19(5)22-7-6-8-23(28)14-22/h6-12,14,19,27-28H,13,26H2,1-5H3. The Morgan fingerprint density at radius 1 is 0.857 bits per heavy atom. The van der Waals surface area contributed by atoms with Crippen molar-refractivity contribution >= 4 is 11.4 Å². The van der Waals surface area contributed by atoms with Gasteiger partial charge in [-0.1, -0.05) is 36.4 Å². The van der Waals surface area contributed by atoms with Crippen LogP contribution in [0.15, 0.2) is 48.5 Å². The number of rotatable bonds is 5. The highest BCUT2D eigenvalue weighted by Crippen LogP contribution is 2.29. The van der Waals surface area contributed by atoms with Crippen LogP contribution in [0.4, 0.5) is 11.4 Å². The lowest BCUT2D eigenvalue weighted by atomic mass is 9.96. The quantitative estimate of drug-likeness (QED) is 0.482. The smallest absolute Gasteiger partial charge is 0.115 e. The van der Waals surface area contributed by atoms with E-state index in [1.165, 1.54) is 22.3 Å². The van der Waals surface area contributed by atoms with Crippen LogP contribution in [0.5, 0.6) is 5.75 Å². The highest BCUT2D eigenvalue weighted by Gasteiger charge is 2.12. The Kier molecular flexibility index (Phi) is 5.64. The van der Waals surface area contributed by atoms with Gasteiger partial charge in [0.1, 0.15) is 5.75 Å². The summed E-state index contributed by atoms with van der Waals surface area (Å²) >= 11 is 0. The average Bonchev–Trinajstić information content (AvgIpc) is 2.62. The molecule has 0 aliphatic carbocycles. The molecular weight excluding hydrogens is 344 g/mol. The van der Waals surface area contributed by atoms with Crippen molar-refractivity contribution in [2.75, 3.05) is 11.1 Å². The summed E-state index contributed by atoms with van der Waals surface area (Å²) in [6, 6.07) is 16.4. The molecule has 0 heterocycles. The number of aromatic hydroxyl groups is 1. The first kappa shape index (κ1) is 19.8. The fraction of sp³-hybridized carbons (Fsp3) is 0.280. The van der Waals surface area contributed by atoms with Gasteiger partial charge in [0.2, 0.25) is 0 Å². The lowest BCUT2D eigenvalue weighted by molar-refractivity contribution is 0.474. The predicted octanol–water partition coefficient (Wildman–Crippen LogP) is 5.97. The van der Waals surface area contributed by atoms with E-state index in [4.69, 9.17) is 5.73 Å². The first-order chi connectivity index (χ1) is 13.2. The molecule has 4 N–H and O–H groups in total. The third-order valence-corrected chi connectivity index (χ3v) is 5.39. The Balaban J connectivity index is 1.83. The zero-order chi connectivity index (χ0) is 20.4. The van der Waals surface area contributed by atoms with E-state index in [0.29, 0.717) is 5.75 Å². The lowest BCUT2D eigenvalue weighted by Crippen LogP contribution is -2.09. The first-order valence-electron chi connectivity index (χ1n) is 9.75. The summed E-state index contributed by atoms with van der Waals surface area (Å²) in [5, 5.41) is 13.3. The van der Waals surface area contributed by atoms with Crippen LogP contribution in [-0.2, 0) is 6.42 Å². The molecule has 3 heteroatoms. The van der Waals surface area contributed by atoms with Crippen LogP contribution in [0.25, 0.3) is 0 Å². The van der Waals surface area contributed by atoms with Crippen LogP contribution in [0.1, 0.15) is 51.9 Å². The van der Waals surface area contributed by atoms with Crippen molar-refractivity contribution < 1.29 is 5.11 Å². The van der Waals surface area contributed by atoms with Gasteiger partial charge in [0.05, 0.1) is 0 Å². The van der Waals surface area contributed by atoms with E-state index in [1.54, 1.807) is 6.07 Å². The Hall–Kier alpha value is -2.94. The van der Waals surface area contributed by atoms with Gasteiger partial charge >= 0.3 is 0 Å². The molecule has 146 valence electrons. The summed E-state index contributed by atoms with van der Waals surface area (Å²) in [5.41, 5.74) is 16.5. The number of benzene rings is 3. The van der Waals surface area contributed by atoms with Gasteiger partial charge in [0.25, 0.3) is 0 Å². The monoisotopic (exact) mass is 374 g/mol. The third kappa shape index (κ3) is 4.30. The maximum atomic E-state index is 9.73. The molecule has 0 aromatic heterocycles. The van der Waals surface area contributed by atoms with E-state index >= 15 is 0 Å². The zero-order valence-electron chi connectivity index (χ0n) is 17.4. The molecule has 1 unspecified atom stereocenters. The van der Waals surface area contributed by atoms with E-state index in [9.17, 15) is 5.11 Å². The second-order valence-corrected chi connectivity index (χ2v) is 7.89. The predicted molar refractivity (Wildman–Crippen MR) is 119 cm³/mol. The molecular formula is C25H30N2O. The summed E-state index contributed by atoms with van der Waals surface area (Å²) in [6.07, 6.45) is 0.895. The van der Waals surface area contributed by atoms with E-state index in [1.807, 2.05) is 18.2 Å². The van der Waals surface area contributed by atoms with Crippen molar-refractivity contribution in [1.29, 1.82) is 0 Å². The number of hydrogen-bond donors (Lipinski definition) is 3. The second kappa shape index (κ2) is 7.97. The van der Waals surface area contributed by atoms with Gasteiger partial charge in [0.15, 0.2) is 0 Å². The fourth-order valence-electron chi connectivity index (χ4n) is 3.88. The molecule has 0 saturated heterocycles. The molecule has 28 heavy (non-hydrogen) atoms. The Morgan fingerprint density at radius 3 is 1.93 bits per heavy atom. The molecule has 0 radical (unpaired) electrons.